The third kappa shape index (κ3) is 3.66. The van der Waals surface area contributed by atoms with Crippen LogP contribution in [0.3, 0.4) is 0 Å². The highest BCUT2D eigenvalue weighted by molar-refractivity contribution is 6.10. The predicted molar refractivity (Wildman–Crippen MR) is 172 cm³/mol. The summed E-state index contributed by atoms with van der Waals surface area (Å²) in [4.78, 5) is 0. The summed E-state index contributed by atoms with van der Waals surface area (Å²) in [7, 11) is 0. The molecule has 1 aliphatic heterocycles. The third-order valence-corrected chi connectivity index (χ3v) is 8.78. The Labute approximate surface area is 247 Å². The predicted octanol–water partition coefficient (Wildman–Crippen LogP) is 9.92. The minimum atomic E-state index is 0.559. The van der Waals surface area contributed by atoms with Crippen molar-refractivity contribution in [2.75, 3.05) is 0 Å². The van der Waals surface area contributed by atoms with Gasteiger partial charge in [0.05, 0.1) is 35.9 Å². The van der Waals surface area contributed by atoms with Gasteiger partial charge in [-0.3, -0.25) is 0 Å². The molecule has 43 heavy (non-hydrogen) atoms. The monoisotopic (exact) mass is 552 g/mol. The van der Waals surface area contributed by atoms with Crippen LogP contribution in [0.4, 0.5) is 0 Å². The molecule has 202 valence electrons. The summed E-state index contributed by atoms with van der Waals surface area (Å²) in [5.41, 5.74) is 12.7. The van der Waals surface area contributed by atoms with E-state index in [-0.39, 0.29) is 0 Å². The number of hydrogen-bond acceptors (Lipinski definition) is 3. The maximum Gasteiger partial charge on any atom is 0.136 e. The van der Waals surface area contributed by atoms with Gasteiger partial charge in [-0.2, -0.15) is 5.26 Å². The molecule has 0 fully saturated rings. The van der Waals surface area contributed by atoms with Gasteiger partial charge in [0, 0.05) is 27.2 Å². The van der Waals surface area contributed by atoms with Crippen molar-refractivity contribution in [3.05, 3.63) is 138 Å². The quantitative estimate of drug-likeness (QED) is 0.214. The second kappa shape index (κ2) is 9.19. The first-order chi connectivity index (χ1) is 21.2. The van der Waals surface area contributed by atoms with Gasteiger partial charge < -0.3 is 13.7 Å². The van der Waals surface area contributed by atoms with Gasteiger partial charge in [-0.15, -0.1) is 0 Å². The number of benzene rings is 6. The summed E-state index contributed by atoms with van der Waals surface area (Å²) in [6.45, 7) is 1.12. The molecule has 4 nitrogen and oxygen atoms in total. The Kier molecular flexibility index (Phi) is 5.13. The smallest absolute Gasteiger partial charge is 0.136 e. The molecule has 3 heterocycles. The first-order valence-electron chi connectivity index (χ1n) is 14.4. The third-order valence-electron chi connectivity index (χ3n) is 8.78. The van der Waals surface area contributed by atoms with Crippen LogP contribution in [0.15, 0.2) is 126 Å². The van der Waals surface area contributed by atoms with Crippen molar-refractivity contribution in [1.29, 1.82) is 5.26 Å². The van der Waals surface area contributed by atoms with E-state index in [1.165, 1.54) is 22.3 Å². The second-order valence-electron chi connectivity index (χ2n) is 11.2. The lowest BCUT2D eigenvalue weighted by Gasteiger charge is -2.15. The molecule has 0 spiro atoms. The lowest BCUT2D eigenvalue weighted by Crippen LogP contribution is -1.97. The van der Waals surface area contributed by atoms with Crippen LogP contribution < -0.4 is 0 Å². The molecular weight excluding hydrogens is 528 g/mol. The molecule has 0 N–H and O–H groups in total. The highest BCUT2D eigenvalue weighted by Crippen LogP contribution is 2.39. The van der Waals surface area contributed by atoms with E-state index in [2.05, 4.69) is 102 Å². The van der Waals surface area contributed by atoms with Crippen molar-refractivity contribution < 1.29 is 9.15 Å². The fourth-order valence-electron chi connectivity index (χ4n) is 6.71. The molecule has 0 radical (unpaired) electrons. The number of nitriles is 1. The molecule has 9 rings (SSSR count). The summed E-state index contributed by atoms with van der Waals surface area (Å²) in [5, 5.41) is 14.0. The highest BCUT2D eigenvalue weighted by atomic mass is 16.5. The maximum absolute atomic E-state index is 9.56. The molecule has 6 aromatic carbocycles. The average molecular weight is 553 g/mol. The zero-order chi connectivity index (χ0) is 28.5. The number of aromatic nitrogens is 1. The molecule has 0 saturated heterocycles. The van der Waals surface area contributed by atoms with Crippen molar-refractivity contribution in [2.24, 2.45) is 0 Å². The Morgan fingerprint density at radius 3 is 2.14 bits per heavy atom. The maximum atomic E-state index is 9.56. The zero-order valence-electron chi connectivity index (χ0n) is 23.2. The zero-order valence-corrected chi connectivity index (χ0v) is 23.2. The Morgan fingerprint density at radius 2 is 1.26 bits per heavy atom. The van der Waals surface area contributed by atoms with E-state index in [1.54, 1.807) is 0 Å². The number of para-hydroxylation sites is 2. The summed E-state index contributed by atoms with van der Waals surface area (Å²) in [6.07, 6.45) is 0. The van der Waals surface area contributed by atoms with Crippen LogP contribution >= 0.6 is 0 Å². The molecule has 2 aromatic heterocycles. The van der Waals surface area contributed by atoms with Crippen LogP contribution in [0.25, 0.3) is 71.7 Å². The van der Waals surface area contributed by atoms with Crippen molar-refractivity contribution in [3.8, 4) is 34.0 Å². The van der Waals surface area contributed by atoms with E-state index >= 15 is 0 Å². The number of rotatable bonds is 2. The number of nitrogens with zero attached hydrogens (tertiary/aromatic N) is 2. The first-order valence-corrected chi connectivity index (χ1v) is 14.4. The molecule has 0 unspecified atom stereocenters. The van der Waals surface area contributed by atoms with Gasteiger partial charge in [-0.05, 0) is 94.0 Å². The molecule has 0 bridgehead atoms. The van der Waals surface area contributed by atoms with Gasteiger partial charge >= 0.3 is 0 Å². The Bertz CT molecular complexity index is 2450. The normalized spacial score (nSPS) is 12.8. The lowest BCUT2D eigenvalue weighted by molar-refractivity contribution is 0.110. The molecule has 0 atom stereocenters. The summed E-state index contributed by atoms with van der Waals surface area (Å²) in [5.74, 6) is 0. The Balaban J connectivity index is 1.23. The van der Waals surface area contributed by atoms with Crippen LogP contribution in [-0.4, -0.2) is 4.57 Å². The highest BCUT2D eigenvalue weighted by Gasteiger charge is 2.19. The lowest BCUT2D eigenvalue weighted by atomic mass is 9.92. The average Bonchev–Trinajstić information content (AvgIpc) is 3.53. The van der Waals surface area contributed by atoms with E-state index in [0.717, 1.165) is 60.6 Å². The van der Waals surface area contributed by atoms with Crippen molar-refractivity contribution >= 4 is 43.7 Å². The van der Waals surface area contributed by atoms with E-state index in [1.807, 2.05) is 30.3 Å². The van der Waals surface area contributed by atoms with Crippen molar-refractivity contribution in [2.45, 2.75) is 13.2 Å². The molecule has 8 aromatic rings. The standard InChI is InChI=1S/C39H24N2O2/c40-21-24-9-16-37-35(17-24)30-5-1-3-7-36(30)41(37)29-14-12-28-23-42-22-27-11-10-25(18-33(27)34(28)20-29)26-13-15-32-31-6-2-4-8-38(31)43-39(32)19-26/h1-20H,22-23H2. The second-order valence-corrected chi connectivity index (χ2v) is 11.2. The van der Waals surface area contributed by atoms with Crippen molar-refractivity contribution in [1.82, 2.24) is 4.57 Å². The molecule has 0 amide bonds. The van der Waals surface area contributed by atoms with Crippen LogP contribution in [0.2, 0.25) is 0 Å². The summed E-state index contributed by atoms with van der Waals surface area (Å²) >= 11 is 0. The number of fused-ring (bicyclic) bond motifs is 9. The van der Waals surface area contributed by atoms with Gasteiger partial charge in [0.2, 0.25) is 0 Å². The van der Waals surface area contributed by atoms with Crippen LogP contribution in [0, 0.1) is 11.3 Å². The van der Waals surface area contributed by atoms with Crippen LogP contribution in [0.5, 0.6) is 0 Å². The number of ether oxygens (including phenoxy) is 1. The molecule has 0 saturated carbocycles. The van der Waals surface area contributed by atoms with Gasteiger partial charge in [-0.1, -0.05) is 60.7 Å². The molecular formula is C39H24N2O2. The molecule has 1 aliphatic rings. The number of hydrogen-bond donors (Lipinski definition) is 0. The summed E-state index contributed by atoms with van der Waals surface area (Å²) in [6, 6.07) is 44.7. The summed E-state index contributed by atoms with van der Waals surface area (Å²) < 4.78 is 14.6. The van der Waals surface area contributed by atoms with E-state index in [9.17, 15) is 5.26 Å². The Morgan fingerprint density at radius 1 is 0.558 bits per heavy atom. The SMILES string of the molecule is N#Cc1ccc2c(c1)c1ccccc1n2-c1ccc2c(c1)-c1cc(-c3ccc4c(c3)oc3ccccc34)ccc1COC2. The molecule has 0 aliphatic carbocycles. The van der Waals surface area contributed by atoms with E-state index < -0.39 is 0 Å². The van der Waals surface area contributed by atoms with E-state index in [4.69, 9.17) is 9.15 Å². The van der Waals surface area contributed by atoms with Crippen molar-refractivity contribution in [3.63, 3.8) is 0 Å². The fraction of sp³-hybridized carbons (Fsp3) is 0.0513. The first kappa shape index (κ1) is 24.0. The minimum absolute atomic E-state index is 0.559. The van der Waals surface area contributed by atoms with Gasteiger partial charge in [0.1, 0.15) is 11.2 Å². The van der Waals surface area contributed by atoms with Gasteiger partial charge in [-0.25, -0.2) is 0 Å². The van der Waals surface area contributed by atoms with Crippen LogP contribution in [-0.2, 0) is 18.0 Å². The fourth-order valence-corrected chi connectivity index (χ4v) is 6.71. The topological polar surface area (TPSA) is 51.1 Å². The van der Waals surface area contributed by atoms with E-state index in [0.29, 0.717) is 18.8 Å². The minimum Gasteiger partial charge on any atom is -0.456 e. The molecule has 4 heteroatoms. The van der Waals surface area contributed by atoms with Gasteiger partial charge in [0.25, 0.3) is 0 Å². The Hall–Kier alpha value is -5.63. The van der Waals surface area contributed by atoms with Crippen LogP contribution in [0.1, 0.15) is 16.7 Å². The largest absolute Gasteiger partial charge is 0.456 e. The number of furan rings is 1. The van der Waals surface area contributed by atoms with Gasteiger partial charge in [0.15, 0.2) is 0 Å².